The van der Waals surface area contributed by atoms with Crippen LogP contribution < -0.4 is 62.5 Å². The van der Waals surface area contributed by atoms with Gasteiger partial charge in [0.05, 0.1) is 87.0 Å². The summed E-state index contributed by atoms with van der Waals surface area (Å²) in [5.74, 6) is -2.81. The van der Waals surface area contributed by atoms with Crippen molar-refractivity contribution in [3.05, 3.63) is 90.7 Å². The van der Waals surface area contributed by atoms with E-state index in [9.17, 15) is 32.8 Å². The molecule has 9 rings (SSSR count). The molecule has 90 heavy (non-hydrogen) atoms. The normalized spacial score (nSPS) is 12.4. The number of nitrogens with zero attached hydrogens (tertiary/aromatic N) is 18. The van der Waals surface area contributed by atoms with Crippen LogP contribution in [0.3, 0.4) is 0 Å². The first-order chi connectivity index (χ1) is 46.9. The van der Waals surface area contributed by atoms with E-state index in [0.29, 0.717) is 39.5 Å². The molecule has 9 heterocycles. The second-order valence-electron chi connectivity index (χ2n) is 17.8. The van der Waals surface area contributed by atoms with Gasteiger partial charge < -0.3 is 62.5 Å². The topological polar surface area (TPSA) is 443 Å². The van der Waals surface area contributed by atoms with Gasteiger partial charge in [0.1, 0.15) is 22.9 Å². The SMILES string of the molecule is [2H]C([2H])([2H])NC(=O)c1nnc(N)cc1Nc1nccc(-c2cnn(C)n2)c1OC.[2H]C([2H])([2H])NC(=O)c1nnc(NC(=O)CCCF)cc1Nc1nccc(-c2cnn(C)n2)c1OC.[2H]C([2H])([2H])NC(=O)c1nnc(NC(=O)CCCF)cc1Nc1nccc(-c2cnn(C)n2)c1OC. The Balaban J connectivity index is 0.000000210. The molecule has 5 amide bonds. The Labute approximate surface area is 522 Å². The molecule has 0 saturated carbocycles. The van der Waals surface area contributed by atoms with Crippen LogP contribution in [0, 0.1) is 0 Å². The molecule has 0 fully saturated rings. The lowest BCUT2D eigenvalue weighted by atomic mass is 10.2. The molecule has 10 N–H and O–H groups in total. The number of nitrogen functional groups attached to an aromatic ring is 1. The van der Waals surface area contributed by atoms with Gasteiger partial charge in [-0.05, 0) is 31.0 Å². The summed E-state index contributed by atoms with van der Waals surface area (Å²) >= 11 is 0. The maximum Gasteiger partial charge on any atom is 0.273 e. The van der Waals surface area contributed by atoms with Crippen LogP contribution in [-0.4, -0.2) is 176 Å². The number of nitrogens with two attached hydrogens (primary N) is 1. The summed E-state index contributed by atoms with van der Waals surface area (Å²) in [6.07, 6.45) is 8.93. The summed E-state index contributed by atoms with van der Waals surface area (Å²) in [5, 5.41) is 66.3. The van der Waals surface area contributed by atoms with Crippen LogP contribution in [0.5, 0.6) is 17.2 Å². The lowest BCUT2D eigenvalue weighted by Crippen LogP contribution is -2.22. The number of carbonyl (C=O) groups excluding carboxylic acids is 5. The van der Waals surface area contributed by atoms with E-state index in [-0.39, 0.29) is 106 Å². The molecule has 9 aromatic heterocycles. The number of ether oxygens (including phenoxy) is 3. The number of halogens is 2. The summed E-state index contributed by atoms with van der Waals surface area (Å²) in [6, 6.07) is 8.86. The lowest BCUT2D eigenvalue weighted by molar-refractivity contribution is -0.117. The number of carbonyl (C=O) groups is 5. The number of anilines is 9. The Hall–Kier alpha value is -12.1. The van der Waals surface area contributed by atoms with Crippen LogP contribution >= 0.6 is 0 Å². The predicted octanol–water partition coefficient (Wildman–Crippen LogP) is 3.30. The van der Waals surface area contributed by atoms with Gasteiger partial charge in [0.15, 0.2) is 63.4 Å². The minimum absolute atomic E-state index is 0.0157. The van der Waals surface area contributed by atoms with Crippen LogP contribution in [0.4, 0.5) is 60.8 Å². The average Bonchev–Trinajstić information content (AvgIpc) is 1.76. The van der Waals surface area contributed by atoms with E-state index in [1.54, 1.807) is 45.5 Å². The highest BCUT2D eigenvalue weighted by molar-refractivity contribution is 6.01. The summed E-state index contributed by atoms with van der Waals surface area (Å²) < 4.78 is 107. The smallest absolute Gasteiger partial charge is 0.273 e. The molecule has 0 aliphatic carbocycles. The van der Waals surface area contributed by atoms with E-state index in [0.717, 1.165) is 0 Å². The number of rotatable bonds is 23. The highest BCUT2D eigenvalue weighted by Gasteiger charge is 2.24. The van der Waals surface area contributed by atoms with Crippen LogP contribution in [0.15, 0.2) is 73.6 Å². The molecule has 0 radical (unpaired) electrons. The van der Waals surface area contributed by atoms with E-state index >= 15 is 0 Å². The molecule has 0 atom stereocenters. The first-order valence-electron chi connectivity index (χ1n) is 30.5. The molecule has 9 aromatic rings. The number of methoxy groups -OCH3 is 3. The van der Waals surface area contributed by atoms with Crippen molar-refractivity contribution in [3.63, 3.8) is 0 Å². The first kappa shape index (κ1) is 53.4. The number of hydrogen-bond acceptors (Lipinski definition) is 27. The Morgan fingerprint density at radius 3 is 1.14 bits per heavy atom. The monoisotopic (exact) mass is 1250 g/mol. The Morgan fingerprint density at radius 1 is 0.511 bits per heavy atom. The lowest BCUT2D eigenvalue weighted by Gasteiger charge is -2.15. The van der Waals surface area contributed by atoms with Gasteiger partial charge in [-0.25, -0.2) is 15.0 Å². The van der Waals surface area contributed by atoms with Crippen LogP contribution in [0.25, 0.3) is 33.8 Å². The second-order valence-corrected chi connectivity index (χ2v) is 17.8. The number of pyridine rings is 3. The Kier molecular flexibility index (Phi) is 18.6. The zero-order chi connectivity index (χ0) is 72.4. The van der Waals surface area contributed by atoms with Crippen molar-refractivity contribution in [2.45, 2.75) is 25.7 Å². The molecule has 0 unspecified atom stereocenters. The average molecular weight is 1250 g/mol. The first-order valence-corrected chi connectivity index (χ1v) is 26.0. The predicted molar refractivity (Wildman–Crippen MR) is 321 cm³/mol. The molecule has 0 spiro atoms. The van der Waals surface area contributed by atoms with Crippen molar-refractivity contribution in [3.8, 4) is 51.0 Å². The molecule has 470 valence electrons. The minimum atomic E-state index is -2.78. The van der Waals surface area contributed by atoms with Crippen molar-refractivity contribution < 1.29 is 59.3 Å². The maximum atomic E-state index is 12.6. The van der Waals surface area contributed by atoms with Crippen LogP contribution in [0.1, 0.15) is 69.5 Å². The maximum absolute atomic E-state index is 12.6. The van der Waals surface area contributed by atoms with E-state index in [4.69, 9.17) is 32.3 Å². The summed E-state index contributed by atoms with van der Waals surface area (Å²) in [6.45, 7) is -9.57. The third-order valence-corrected chi connectivity index (χ3v) is 11.7. The fourth-order valence-corrected chi connectivity index (χ4v) is 7.77. The van der Waals surface area contributed by atoms with Gasteiger partial charge in [-0.2, -0.15) is 45.0 Å². The molecule has 0 aliphatic heterocycles. The van der Waals surface area contributed by atoms with Gasteiger partial charge >= 0.3 is 0 Å². The van der Waals surface area contributed by atoms with Crippen molar-refractivity contribution in [2.24, 2.45) is 21.1 Å². The number of alkyl halides is 2. The van der Waals surface area contributed by atoms with Crippen molar-refractivity contribution in [1.29, 1.82) is 0 Å². The number of aromatic nitrogens is 18. The Bertz CT molecular complexity index is 4160. The summed E-state index contributed by atoms with van der Waals surface area (Å²) in [5.41, 5.74) is 7.89. The standard InChI is InChI=1S/2C19H22FN9O3.C15H17N9O2/c2*1-21-19(31)16-12(9-14(26-27-16)25-15(30)5-4-7-20)24-18-17(32-3)11(6-8-22-18)13-10-23-29(2)28-13;1-17-15(25)12-9(6-11(16)21-22-12)20-14-13(26-3)8(4-5-18-14)10-7-19-24(2)23-10/h2*6,8-10H,4-5,7H2,1-3H3,(H,21,31)(H2,22,24,25,26,30);4-7H,1-3H3,(H,17,25)(H3,16,18,20,21)/i3*1D3. The quantitative estimate of drug-likeness (QED) is 0.0443. The van der Waals surface area contributed by atoms with Crippen molar-refractivity contribution in [2.75, 3.05) is 87.9 Å². The number of hydrogen-bond donors (Lipinski definition) is 9. The molecule has 37 heteroatoms. The van der Waals surface area contributed by atoms with Gasteiger partial charge in [0.25, 0.3) is 17.7 Å². The summed E-state index contributed by atoms with van der Waals surface area (Å²) in [4.78, 5) is 78.2. The van der Waals surface area contributed by atoms with Crippen molar-refractivity contribution in [1.82, 2.24) is 106 Å². The molecule has 35 nitrogen and oxygen atoms in total. The van der Waals surface area contributed by atoms with Gasteiger partial charge in [-0.1, -0.05) is 0 Å². The highest BCUT2D eigenvalue weighted by Crippen LogP contribution is 2.39. The third kappa shape index (κ3) is 16.7. The largest absolute Gasteiger partial charge is 0.492 e. The second kappa shape index (κ2) is 31.4. The zero-order valence-electron chi connectivity index (χ0n) is 57.3. The van der Waals surface area contributed by atoms with Gasteiger partial charge in [-0.15, -0.1) is 30.6 Å². The van der Waals surface area contributed by atoms with Gasteiger partial charge in [-0.3, -0.25) is 32.8 Å². The number of amides is 5. The molecular weight excluding hydrogens is 1180 g/mol. The molecule has 0 bridgehead atoms. The van der Waals surface area contributed by atoms with Crippen molar-refractivity contribution >= 4 is 81.5 Å². The van der Waals surface area contributed by atoms with Crippen LogP contribution in [-0.2, 0) is 30.7 Å². The molecule has 0 aliphatic rings. The highest BCUT2D eigenvalue weighted by atomic mass is 19.1. The summed E-state index contributed by atoms with van der Waals surface area (Å²) in [7, 11) is 9.24. The fraction of sp³-hybridized carbons (Fsp3) is 0.283. The van der Waals surface area contributed by atoms with E-state index < -0.39 is 63.8 Å². The molecular formula is C53H61F2N27O8. The molecule has 0 aromatic carbocycles. The third-order valence-electron chi connectivity index (χ3n) is 11.7. The van der Waals surface area contributed by atoms with E-state index in [1.807, 2.05) is 16.0 Å². The van der Waals surface area contributed by atoms with E-state index in [1.165, 1.54) is 84.9 Å². The van der Waals surface area contributed by atoms with Gasteiger partial charge in [0, 0.05) is 104 Å². The zero-order valence-corrected chi connectivity index (χ0v) is 48.3. The molecule has 0 saturated heterocycles. The van der Waals surface area contributed by atoms with E-state index in [2.05, 4.69) is 103 Å². The minimum Gasteiger partial charge on any atom is -0.492 e. The van der Waals surface area contributed by atoms with Gasteiger partial charge in [0.2, 0.25) is 11.8 Å². The number of nitrogens with one attached hydrogen (secondary N) is 8. The number of aryl methyl sites for hydroxylation is 3. The fourth-order valence-electron chi connectivity index (χ4n) is 7.77. The van der Waals surface area contributed by atoms with Crippen LogP contribution in [0.2, 0.25) is 0 Å². The Morgan fingerprint density at radius 2 is 0.844 bits per heavy atom.